The Hall–Kier alpha value is -2.04. The Kier molecular flexibility index (Phi) is 2.74. The number of amides is 1. The molecule has 1 atom stereocenters. The number of benzene rings is 1. The van der Waals surface area contributed by atoms with Gasteiger partial charge >= 0.3 is 6.09 Å². The lowest BCUT2D eigenvalue weighted by molar-refractivity contribution is 0.0612. The first-order valence-electron chi connectivity index (χ1n) is 6.84. The molecule has 106 valence electrons. The van der Waals surface area contributed by atoms with Gasteiger partial charge in [-0.25, -0.2) is 9.78 Å². The van der Waals surface area contributed by atoms with Gasteiger partial charge in [-0.3, -0.25) is 4.90 Å². The van der Waals surface area contributed by atoms with Gasteiger partial charge in [0.05, 0.1) is 17.1 Å². The first-order valence-corrected chi connectivity index (χ1v) is 6.84. The Balaban J connectivity index is 2.22. The fraction of sp³-hybridized carbons (Fsp3) is 0.467. The Morgan fingerprint density at radius 1 is 1.30 bits per heavy atom. The summed E-state index contributed by atoms with van der Waals surface area (Å²) >= 11 is 0. The number of fused-ring (bicyclic) bond motifs is 3. The van der Waals surface area contributed by atoms with Crippen LogP contribution in [0.25, 0.3) is 11.0 Å². The fourth-order valence-electron chi connectivity index (χ4n) is 3.07. The SMILES string of the molecule is CC(C)(C)C1c2nc3ccccc3n2CCN1C(=O)O. The molecule has 1 aromatic carbocycles. The second-order valence-electron chi connectivity index (χ2n) is 6.35. The first kappa shape index (κ1) is 13.0. The summed E-state index contributed by atoms with van der Waals surface area (Å²) in [5.41, 5.74) is 1.82. The summed E-state index contributed by atoms with van der Waals surface area (Å²) < 4.78 is 2.16. The van der Waals surface area contributed by atoms with Crippen molar-refractivity contribution in [1.82, 2.24) is 14.5 Å². The molecule has 0 saturated heterocycles. The topological polar surface area (TPSA) is 58.4 Å². The number of carboxylic acid groups (broad SMARTS) is 1. The molecule has 0 aliphatic carbocycles. The molecule has 2 aromatic rings. The zero-order valence-electron chi connectivity index (χ0n) is 12.0. The normalized spacial score (nSPS) is 19.1. The predicted molar refractivity (Wildman–Crippen MR) is 76.7 cm³/mol. The highest BCUT2D eigenvalue weighted by atomic mass is 16.4. The highest BCUT2D eigenvalue weighted by Crippen LogP contribution is 2.40. The quantitative estimate of drug-likeness (QED) is 0.802. The highest BCUT2D eigenvalue weighted by Gasteiger charge is 2.40. The lowest BCUT2D eigenvalue weighted by atomic mass is 9.84. The van der Waals surface area contributed by atoms with Crippen LogP contribution in [-0.4, -0.2) is 32.2 Å². The van der Waals surface area contributed by atoms with Crippen LogP contribution in [0.2, 0.25) is 0 Å². The summed E-state index contributed by atoms with van der Waals surface area (Å²) in [5.74, 6) is 0.854. The smallest absolute Gasteiger partial charge is 0.408 e. The van der Waals surface area contributed by atoms with Gasteiger partial charge in [0.15, 0.2) is 0 Å². The number of hydrogen-bond donors (Lipinski definition) is 1. The van der Waals surface area contributed by atoms with Crippen LogP contribution in [0.1, 0.15) is 32.6 Å². The molecule has 0 saturated carbocycles. The van der Waals surface area contributed by atoms with Gasteiger partial charge in [-0.1, -0.05) is 32.9 Å². The van der Waals surface area contributed by atoms with E-state index in [1.54, 1.807) is 0 Å². The van der Waals surface area contributed by atoms with Crippen molar-refractivity contribution < 1.29 is 9.90 Å². The van der Waals surface area contributed by atoms with Gasteiger partial charge in [-0.05, 0) is 17.5 Å². The van der Waals surface area contributed by atoms with Gasteiger partial charge in [0.25, 0.3) is 0 Å². The first-order chi connectivity index (χ1) is 9.39. The lowest BCUT2D eigenvalue weighted by Gasteiger charge is -2.41. The molecule has 0 spiro atoms. The average molecular weight is 273 g/mol. The molecule has 0 bridgehead atoms. The molecule has 0 radical (unpaired) electrons. The van der Waals surface area contributed by atoms with E-state index in [9.17, 15) is 9.90 Å². The summed E-state index contributed by atoms with van der Waals surface area (Å²) in [5, 5.41) is 9.46. The van der Waals surface area contributed by atoms with E-state index in [0.29, 0.717) is 13.1 Å². The van der Waals surface area contributed by atoms with Crippen molar-refractivity contribution >= 4 is 17.1 Å². The monoisotopic (exact) mass is 273 g/mol. The van der Waals surface area contributed by atoms with Gasteiger partial charge in [0.1, 0.15) is 5.82 Å². The third kappa shape index (κ3) is 1.85. The Morgan fingerprint density at radius 2 is 2.00 bits per heavy atom. The van der Waals surface area contributed by atoms with Gasteiger partial charge in [-0.15, -0.1) is 0 Å². The van der Waals surface area contributed by atoms with Crippen LogP contribution in [0.15, 0.2) is 24.3 Å². The van der Waals surface area contributed by atoms with Gasteiger partial charge in [0.2, 0.25) is 0 Å². The summed E-state index contributed by atoms with van der Waals surface area (Å²) in [6.07, 6.45) is -0.872. The van der Waals surface area contributed by atoms with E-state index in [4.69, 9.17) is 4.98 Å². The van der Waals surface area contributed by atoms with Gasteiger partial charge < -0.3 is 9.67 Å². The number of hydrogen-bond acceptors (Lipinski definition) is 2. The van der Waals surface area contributed by atoms with Crippen molar-refractivity contribution in [2.24, 2.45) is 5.41 Å². The fourth-order valence-corrected chi connectivity index (χ4v) is 3.07. The predicted octanol–water partition coefficient (Wildman–Crippen LogP) is 3.12. The standard InChI is InChI=1S/C15H19N3O2/c1-15(2,3)12-13-16-10-6-4-5-7-11(10)17(13)8-9-18(12)14(19)20/h4-7,12H,8-9H2,1-3H3,(H,19,20). The van der Waals surface area contributed by atoms with Crippen LogP contribution in [0, 0.1) is 5.41 Å². The van der Waals surface area contributed by atoms with Gasteiger partial charge in [-0.2, -0.15) is 0 Å². The molecule has 1 unspecified atom stereocenters. The summed E-state index contributed by atoms with van der Waals surface area (Å²) in [6, 6.07) is 7.75. The molecule has 5 nitrogen and oxygen atoms in total. The van der Waals surface area contributed by atoms with E-state index in [-0.39, 0.29) is 11.5 Å². The minimum absolute atomic E-state index is 0.196. The second-order valence-corrected chi connectivity index (χ2v) is 6.35. The van der Waals surface area contributed by atoms with E-state index in [1.807, 2.05) is 24.3 Å². The maximum absolute atomic E-state index is 11.5. The van der Waals surface area contributed by atoms with E-state index in [0.717, 1.165) is 16.9 Å². The van der Waals surface area contributed by atoms with Gasteiger partial charge in [0, 0.05) is 13.1 Å². The highest BCUT2D eigenvalue weighted by molar-refractivity contribution is 5.76. The summed E-state index contributed by atoms with van der Waals surface area (Å²) in [7, 11) is 0. The maximum atomic E-state index is 11.5. The van der Waals surface area contributed by atoms with Crippen molar-refractivity contribution in [1.29, 1.82) is 0 Å². The lowest BCUT2D eigenvalue weighted by Crippen LogP contribution is -2.46. The largest absolute Gasteiger partial charge is 0.465 e. The molecule has 3 rings (SSSR count). The maximum Gasteiger partial charge on any atom is 0.408 e. The molecule has 2 heterocycles. The van der Waals surface area contributed by atoms with Crippen LogP contribution in [-0.2, 0) is 6.54 Å². The summed E-state index contributed by atoms with van der Waals surface area (Å²) in [4.78, 5) is 17.7. The third-order valence-electron chi connectivity index (χ3n) is 3.87. The second kappa shape index (κ2) is 4.23. The molecule has 1 amide bonds. The number of carbonyl (C=O) groups is 1. The van der Waals surface area contributed by atoms with Crippen LogP contribution in [0.5, 0.6) is 0 Å². The number of imidazole rings is 1. The van der Waals surface area contributed by atoms with Crippen LogP contribution in [0.4, 0.5) is 4.79 Å². The molecule has 1 aromatic heterocycles. The van der Waals surface area contributed by atoms with E-state index >= 15 is 0 Å². The van der Waals surface area contributed by atoms with Crippen molar-refractivity contribution in [3.05, 3.63) is 30.1 Å². The van der Waals surface area contributed by atoms with Crippen molar-refractivity contribution in [3.8, 4) is 0 Å². The molecule has 1 aliphatic rings. The number of rotatable bonds is 0. The van der Waals surface area contributed by atoms with Crippen LogP contribution >= 0.6 is 0 Å². The molecular formula is C15H19N3O2. The molecule has 1 aliphatic heterocycles. The number of aromatic nitrogens is 2. The van der Waals surface area contributed by atoms with Crippen molar-refractivity contribution in [3.63, 3.8) is 0 Å². The average Bonchev–Trinajstić information content (AvgIpc) is 2.74. The van der Waals surface area contributed by atoms with E-state index in [2.05, 4.69) is 25.3 Å². The Bertz CT molecular complexity index is 669. The summed E-state index contributed by atoms with van der Waals surface area (Å²) in [6.45, 7) is 7.34. The minimum atomic E-state index is -0.872. The van der Waals surface area contributed by atoms with E-state index in [1.165, 1.54) is 4.90 Å². The molecule has 0 fully saturated rings. The Morgan fingerprint density at radius 3 is 2.65 bits per heavy atom. The van der Waals surface area contributed by atoms with Crippen LogP contribution in [0.3, 0.4) is 0 Å². The molecule has 20 heavy (non-hydrogen) atoms. The number of nitrogens with zero attached hydrogens (tertiary/aromatic N) is 3. The molecule has 5 heteroatoms. The minimum Gasteiger partial charge on any atom is -0.465 e. The van der Waals surface area contributed by atoms with Crippen molar-refractivity contribution in [2.45, 2.75) is 33.4 Å². The third-order valence-corrected chi connectivity index (χ3v) is 3.87. The Labute approximate surface area is 117 Å². The van der Waals surface area contributed by atoms with Crippen LogP contribution < -0.4 is 0 Å². The number of para-hydroxylation sites is 2. The van der Waals surface area contributed by atoms with E-state index < -0.39 is 6.09 Å². The molecular weight excluding hydrogens is 254 g/mol. The zero-order valence-corrected chi connectivity index (χ0v) is 12.0. The van der Waals surface area contributed by atoms with Crippen molar-refractivity contribution in [2.75, 3.05) is 6.54 Å². The zero-order chi connectivity index (χ0) is 14.5. The molecule has 1 N–H and O–H groups in total.